The van der Waals surface area contributed by atoms with Gasteiger partial charge in [0.25, 0.3) is 0 Å². The fourth-order valence-electron chi connectivity index (χ4n) is 2.71. The van der Waals surface area contributed by atoms with Crippen LogP contribution in [0.15, 0.2) is 0 Å². The van der Waals surface area contributed by atoms with Crippen LogP contribution in [0.2, 0.25) is 0 Å². The highest BCUT2D eigenvalue weighted by molar-refractivity contribution is 7.92. The Balaban J connectivity index is 2.32. The third-order valence-corrected chi connectivity index (χ3v) is 8.36. The van der Waals surface area contributed by atoms with Crippen molar-refractivity contribution in [3.05, 3.63) is 0 Å². The summed E-state index contributed by atoms with van der Waals surface area (Å²) >= 11 is 0. The van der Waals surface area contributed by atoms with Crippen LogP contribution in [0.1, 0.15) is 26.7 Å². The van der Waals surface area contributed by atoms with Crippen LogP contribution in [0.4, 0.5) is 0 Å². The first-order valence-electron chi connectivity index (χ1n) is 6.58. The van der Waals surface area contributed by atoms with E-state index in [0.717, 1.165) is 0 Å². The van der Waals surface area contributed by atoms with Gasteiger partial charge in [-0.1, -0.05) is 0 Å². The van der Waals surface area contributed by atoms with Crippen molar-refractivity contribution in [3.63, 3.8) is 0 Å². The summed E-state index contributed by atoms with van der Waals surface area (Å²) in [5, 5.41) is 3.11. The molecule has 0 aliphatic carbocycles. The first-order chi connectivity index (χ1) is 8.66. The van der Waals surface area contributed by atoms with Gasteiger partial charge in [-0.2, -0.15) is 4.31 Å². The molecule has 0 aromatic rings. The minimum absolute atomic E-state index is 0.0394. The highest BCUT2D eigenvalue weighted by atomic mass is 32.2. The zero-order chi connectivity index (χ0) is 14.3. The molecule has 19 heavy (non-hydrogen) atoms. The number of nitrogens with one attached hydrogen (secondary N) is 1. The van der Waals surface area contributed by atoms with Crippen molar-refractivity contribution in [1.82, 2.24) is 9.62 Å². The van der Waals surface area contributed by atoms with Gasteiger partial charge in [-0.3, -0.25) is 0 Å². The number of hydrogen-bond acceptors (Lipinski definition) is 5. The van der Waals surface area contributed by atoms with Crippen molar-refractivity contribution in [1.29, 1.82) is 0 Å². The quantitative estimate of drug-likeness (QED) is 0.711. The molecule has 2 rings (SSSR count). The van der Waals surface area contributed by atoms with Crippen LogP contribution in [-0.4, -0.2) is 63.1 Å². The summed E-state index contributed by atoms with van der Waals surface area (Å²) < 4.78 is 49.3. The van der Waals surface area contributed by atoms with E-state index >= 15 is 0 Å². The van der Waals surface area contributed by atoms with Gasteiger partial charge < -0.3 is 5.32 Å². The van der Waals surface area contributed by atoms with Gasteiger partial charge in [-0.05, 0) is 26.7 Å². The van der Waals surface area contributed by atoms with Gasteiger partial charge in [0.1, 0.15) is 0 Å². The van der Waals surface area contributed by atoms with E-state index in [1.165, 1.54) is 4.31 Å². The summed E-state index contributed by atoms with van der Waals surface area (Å²) in [6.45, 7) is 4.69. The van der Waals surface area contributed by atoms with Crippen LogP contribution in [0.25, 0.3) is 0 Å². The monoisotopic (exact) mass is 310 g/mol. The number of rotatable bonds is 1. The minimum atomic E-state index is -3.48. The van der Waals surface area contributed by atoms with E-state index in [0.29, 0.717) is 32.5 Å². The van der Waals surface area contributed by atoms with E-state index in [2.05, 4.69) is 5.32 Å². The summed E-state index contributed by atoms with van der Waals surface area (Å²) in [5.41, 5.74) is 0. The second kappa shape index (κ2) is 4.98. The Morgan fingerprint density at radius 1 is 1.21 bits per heavy atom. The van der Waals surface area contributed by atoms with E-state index in [1.54, 1.807) is 13.8 Å². The van der Waals surface area contributed by atoms with Gasteiger partial charge in [0.2, 0.25) is 10.0 Å². The lowest BCUT2D eigenvalue weighted by molar-refractivity contribution is 0.317. The molecular weight excluding hydrogens is 288 g/mol. The van der Waals surface area contributed by atoms with E-state index in [1.807, 2.05) is 0 Å². The van der Waals surface area contributed by atoms with Crippen LogP contribution < -0.4 is 5.32 Å². The molecule has 2 aliphatic rings. The van der Waals surface area contributed by atoms with Gasteiger partial charge in [0.15, 0.2) is 9.84 Å². The van der Waals surface area contributed by atoms with E-state index in [9.17, 15) is 16.8 Å². The summed E-state index contributed by atoms with van der Waals surface area (Å²) in [6.07, 6.45) is 1.18. The fraction of sp³-hybridized carbons (Fsp3) is 1.00. The molecule has 2 heterocycles. The maximum absolute atomic E-state index is 12.7. The van der Waals surface area contributed by atoms with Crippen molar-refractivity contribution in [3.8, 4) is 0 Å². The zero-order valence-corrected chi connectivity index (χ0v) is 13.1. The normalized spacial score (nSPS) is 34.5. The Bertz CT molecular complexity index is 539. The molecule has 112 valence electrons. The molecule has 6 nitrogen and oxygen atoms in total. The molecule has 0 radical (unpaired) electrons. The van der Waals surface area contributed by atoms with Crippen LogP contribution in [0, 0.1) is 0 Å². The molecular formula is C11H22N2O4S2. The Hall–Kier alpha value is -0.180. The average Bonchev–Trinajstić information content (AvgIpc) is 2.35. The van der Waals surface area contributed by atoms with Gasteiger partial charge in [-0.25, -0.2) is 16.8 Å². The van der Waals surface area contributed by atoms with Crippen LogP contribution in [0.3, 0.4) is 0 Å². The summed E-state index contributed by atoms with van der Waals surface area (Å²) in [4.78, 5) is 0. The first-order valence-corrected chi connectivity index (χ1v) is 9.84. The number of sulfonamides is 1. The lowest BCUT2D eigenvalue weighted by atomic mass is 10.2. The molecule has 0 bridgehead atoms. The Morgan fingerprint density at radius 2 is 1.89 bits per heavy atom. The Morgan fingerprint density at radius 3 is 2.53 bits per heavy atom. The second-order valence-electron chi connectivity index (χ2n) is 5.96. The van der Waals surface area contributed by atoms with Crippen molar-refractivity contribution >= 4 is 19.9 Å². The van der Waals surface area contributed by atoms with Gasteiger partial charge in [0, 0.05) is 25.7 Å². The highest BCUT2D eigenvalue weighted by Crippen LogP contribution is 2.28. The summed E-state index contributed by atoms with van der Waals surface area (Å²) in [7, 11) is -6.59. The molecule has 0 amide bonds. The van der Waals surface area contributed by atoms with Crippen molar-refractivity contribution in [2.75, 3.05) is 31.1 Å². The third-order valence-electron chi connectivity index (χ3n) is 3.91. The number of nitrogens with zero attached hydrogens (tertiary/aromatic N) is 1. The molecule has 1 unspecified atom stereocenters. The molecule has 0 saturated carbocycles. The predicted molar refractivity (Wildman–Crippen MR) is 74.3 cm³/mol. The van der Waals surface area contributed by atoms with Crippen LogP contribution in [-0.2, 0) is 19.9 Å². The summed E-state index contributed by atoms with van der Waals surface area (Å²) in [6, 6.07) is -0.400. The molecule has 1 N–H and O–H groups in total. The SMILES string of the molecule is CC1(C)CNCCN(C2CCCS(=O)(=O)C2)S1(=O)=O. The smallest absolute Gasteiger partial charge is 0.220 e. The molecule has 0 aromatic carbocycles. The van der Waals surface area contributed by atoms with Crippen LogP contribution in [0.5, 0.6) is 0 Å². The standard InChI is InChI=1S/C11H22N2O4S2/c1-11(2)9-12-5-6-13(19(11,16)17)10-4-3-7-18(14,15)8-10/h10,12H,3-9H2,1-2H3. The molecule has 1 atom stereocenters. The third kappa shape index (κ3) is 2.96. The fourth-order valence-corrected chi connectivity index (χ4v) is 6.34. The summed E-state index contributed by atoms with van der Waals surface area (Å²) in [5.74, 6) is 0.140. The largest absolute Gasteiger partial charge is 0.314 e. The lowest BCUT2D eigenvalue weighted by Crippen LogP contribution is -2.53. The molecule has 2 aliphatic heterocycles. The van der Waals surface area contributed by atoms with Gasteiger partial charge in [-0.15, -0.1) is 0 Å². The van der Waals surface area contributed by atoms with Gasteiger partial charge in [0.05, 0.1) is 16.3 Å². The number of sulfone groups is 1. The molecule has 2 saturated heterocycles. The van der Waals surface area contributed by atoms with Crippen LogP contribution >= 0.6 is 0 Å². The van der Waals surface area contributed by atoms with E-state index in [4.69, 9.17) is 0 Å². The first kappa shape index (κ1) is 15.2. The van der Waals surface area contributed by atoms with Gasteiger partial charge >= 0.3 is 0 Å². The topological polar surface area (TPSA) is 83.6 Å². The van der Waals surface area contributed by atoms with E-state index in [-0.39, 0.29) is 11.5 Å². The zero-order valence-electron chi connectivity index (χ0n) is 11.4. The maximum atomic E-state index is 12.7. The predicted octanol–water partition coefficient (Wildman–Crippen LogP) is -0.423. The Labute approximate surface area is 115 Å². The molecule has 8 heteroatoms. The maximum Gasteiger partial charge on any atom is 0.220 e. The van der Waals surface area contributed by atoms with Crippen molar-refractivity contribution in [2.45, 2.75) is 37.5 Å². The second-order valence-corrected chi connectivity index (χ2v) is 10.7. The average molecular weight is 310 g/mol. The molecule has 0 spiro atoms. The Kier molecular flexibility index (Phi) is 3.99. The minimum Gasteiger partial charge on any atom is -0.314 e. The molecule has 0 aromatic heterocycles. The number of hydrogen-bond donors (Lipinski definition) is 1. The van der Waals surface area contributed by atoms with Crippen molar-refractivity contribution < 1.29 is 16.8 Å². The highest BCUT2D eigenvalue weighted by Gasteiger charge is 2.45. The van der Waals surface area contributed by atoms with Crippen molar-refractivity contribution in [2.24, 2.45) is 0 Å². The van der Waals surface area contributed by atoms with E-state index < -0.39 is 30.6 Å². The molecule has 2 fully saturated rings. The lowest BCUT2D eigenvalue weighted by Gasteiger charge is -2.36.